The number of rotatable bonds is 2. The van der Waals surface area contributed by atoms with Gasteiger partial charge in [0.1, 0.15) is 5.82 Å². The number of aromatic nitrogens is 2. The van der Waals surface area contributed by atoms with Crippen molar-refractivity contribution in [3.63, 3.8) is 0 Å². The van der Waals surface area contributed by atoms with Crippen LogP contribution in [-0.4, -0.2) is 9.55 Å². The number of hydrogen-bond donors (Lipinski definition) is 1. The van der Waals surface area contributed by atoms with E-state index in [0.717, 1.165) is 12.2 Å². The van der Waals surface area contributed by atoms with Crippen LogP contribution < -0.4 is 5.73 Å². The Morgan fingerprint density at radius 3 is 2.90 bits per heavy atom. The van der Waals surface area contributed by atoms with Crippen LogP contribution in [0.15, 0.2) is 12.4 Å². The van der Waals surface area contributed by atoms with E-state index in [4.69, 9.17) is 5.73 Å². The van der Waals surface area contributed by atoms with Crippen molar-refractivity contribution in [1.29, 1.82) is 0 Å². The molecule has 3 heteroatoms. The zero-order valence-corrected chi connectivity index (χ0v) is 6.41. The fourth-order valence-electron chi connectivity index (χ4n) is 0.917. The van der Waals surface area contributed by atoms with E-state index in [1.54, 1.807) is 6.20 Å². The van der Waals surface area contributed by atoms with Gasteiger partial charge in [-0.3, -0.25) is 0 Å². The maximum atomic E-state index is 5.76. The fraction of sp³-hybridized carbons (Fsp3) is 0.571. The van der Waals surface area contributed by atoms with Gasteiger partial charge >= 0.3 is 0 Å². The molecule has 0 radical (unpaired) electrons. The van der Waals surface area contributed by atoms with Gasteiger partial charge < -0.3 is 10.3 Å². The quantitative estimate of drug-likeness (QED) is 0.659. The van der Waals surface area contributed by atoms with Gasteiger partial charge in [-0.25, -0.2) is 4.98 Å². The lowest BCUT2D eigenvalue weighted by molar-refractivity contribution is 0.617. The molecule has 0 bridgehead atoms. The van der Waals surface area contributed by atoms with E-state index < -0.39 is 0 Å². The molecule has 0 spiro atoms. The molecule has 1 atom stereocenters. The Hall–Kier alpha value is -0.830. The molecule has 0 aliphatic rings. The molecule has 0 fully saturated rings. The third kappa shape index (κ3) is 1.19. The van der Waals surface area contributed by atoms with E-state index in [1.807, 2.05) is 17.8 Å². The van der Waals surface area contributed by atoms with Crippen LogP contribution in [0, 0.1) is 0 Å². The van der Waals surface area contributed by atoms with Gasteiger partial charge in [0, 0.05) is 19.4 Å². The number of nitrogens with zero attached hydrogens (tertiary/aromatic N) is 2. The van der Waals surface area contributed by atoms with Gasteiger partial charge in [-0.1, -0.05) is 6.92 Å². The van der Waals surface area contributed by atoms with Crippen LogP contribution in [0.3, 0.4) is 0 Å². The number of imidazole rings is 1. The Kier molecular flexibility index (Phi) is 2.06. The molecule has 1 rings (SSSR count). The third-order valence-corrected chi connectivity index (χ3v) is 1.63. The SMILES string of the molecule is CCC(N)c1nccn1C. The van der Waals surface area contributed by atoms with Crippen molar-refractivity contribution in [2.24, 2.45) is 12.8 Å². The zero-order valence-electron chi connectivity index (χ0n) is 6.41. The van der Waals surface area contributed by atoms with E-state index in [9.17, 15) is 0 Å². The van der Waals surface area contributed by atoms with Crippen molar-refractivity contribution < 1.29 is 0 Å². The van der Waals surface area contributed by atoms with Crippen LogP contribution in [0.4, 0.5) is 0 Å². The Labute approximate surface area is 60.9 Å². The normalized spacial score (nSPS) is 13.5. The van der Waals surface area contributed by atoms with Crippen LogP contribution in [0.1, 0.15) is 25.2 Å². The van der Waals surface area contributed by atoms with E-state index in [-0.39, 0.29) is 6.04 Å². The number of nitrogens with two attached hydrogens (primary N) is 1. The largest absolute Gasteiger partial charge is 0.337 e. The maximum absolute atomic E-state index is 5.76. The van der Waals surface area contributed by atoms with Gasteiger partial charge in [-0.15, -0.1) is 0 Å². The van der Waals surface area contributed by atoms with Gasteiger partial charge in [-0.2, -0.15) is 0 Å². The van der Waals surface area contributed by atoms with Gasteiger partial charge in [0.2, 0.25) is 0 Å². The molecule has 1 unspecified atom stereocenters. The molecule has 2 N–H and O–H groups in total. The lowest BCUT2D eigenvalue weighted by Crippen LogP contribution is -2.13. The van der Waals surface area contributed by atoms with Crippen LogP contribution in [0.25, 0.3) is 0 Å². The molecule has 1 heterocycles. The highest BCUT2D eigenvalue weighted by atomic mass is 15.1. The summed E-state index contributed by atoms with van der Waals surface area (Å²) in [5, 5.41) is 0. The molecule has 3 nitrogen and oxygen atoms in total. The topological polar surface area (TPSA) is 43.8 Å². The van der Waals surface area contributed by atoms with E-state index in [1.165, 1.54) is 0 Å². The highest BCUT2D eigenvalue weighted by Gasteiger charge is 2.06. The summed E-state index contributed by atoms with van der Waals surface area (Å²) in [7, 11) is 1.96. The predicted molar refractivity (Wildman–Crippen MR) is 40.4 cm³/mol. The summed E-state index contributed by atoms with van der Waals surface area (Å²) in [6.45, 7) is 2.05. The Balaban J connectivity index is 2.82. The summed E-state index contributed by atoms with van der Waals surface area (Å²) < 4.78 is 1.95. The smallest absolute Gasteiger partial charge is 0.125 e. The standard InChI is InChI=1S/C7H13N3/c1-3-6(8)7-9-4-5-10(7)2/h4-6H,3,8H2,1-2H3. The van der Waals surface area contributed by atoms with Gasteiger partial charge in [0.15, 0.2) is 0 Å². The first-order chi connectivity index (χ1) is 4.75. The summed E-state index contributed by atoms with van der Waals surface area (Å²) in [6.07, 6.45) is 4.61. The van der Waals surface area contributed by atoms with E-state index >= 15 is 0 Å². The second-order valence-corrected chi connectivity index (χ2v) is 2.41. The second-order valence-electron chi connectivity index (χ2n) is 2.41. The monoisotopic (exact) mass is 139 g/mol. The summed E-state index contributed by atoms with van der Waals surface area (Å²) in [4.78, 5) is 4.12. The molecule has 0 aliphatic carbocycles. The molecule has 1 aromatic heterocycles. The van der Waals surface area contributed by atoms with Crippen molar-refractivity contribution in [2.75, 3.05) is 0 Å². The molecule has 0 saturated carbocycles. The minimum atomic E-state index is 0.0833. The van der Waals surface area contributed by atoms with Crippen LogP contribution >= 0.6 is 0 Å². The molecule has 1 aromatic rings. The first-order valence-corrected chi connectivity index (χ1v) is 3.48. The molecule has 0 amide bonds. The van der Waals surface area contributed by atoms with Crippen LogP contribution in [0.2, 0.25) is 0 Å². The van der Waals surface area contributed by atoms with Crippen molar-refractivity contribution in [3.8, 4) is 0 Å². The summed E-state index contributed by atoms with van der Waals surface area (Å²) in [5.41, 5.74) is 5.76. The Morgan fingerprint density at radius 2 is 2.50 bits per heavy atom. The van der Waals surface area contributed by atoms with Crippen LogP contribution in [0.5, 0.6) is 0 Å². The highest BCUT2D eigenvalue weighted by molar-refractivity contribution is 4.96. The number of hydrogen-bond acceptors (Lipinski definition) is 2. The highest BCUT2D eigenvalue weighted by Crippen LogP contribution is 2.08. The Bertz CT molecular complexity index is 204. The molecular weight excluding hydrogens is 126 g/mol. The van der Waals surface area contributed by atoms with Gasteiger partial charge in [0.05, 0.1) is 6.04 Å². The summed E-state index contributed by atoms with van der Waals surface area (Å²) in [6, 6.07) is 0.0833. The van der Waals surface area contributed by atoms with Gasteiger partial charge in [-0.05, 0) is 6.42 Å². The van der Waals surface area contributed by atoms with Crippen molar-refractivity contribution in [1.82, 2.24) is 9.55 Å². The van der Waals surface area contributed by atoms with Crippen LogP contribution in [-0.2, 0) is 7.05 Å². The predicted octanol–water partition coefficient (Wildman–Crippen LogP) is 0.830. The Morgan fingerprint density at radius 1 is 1.80 bits per heavy atom. The molecule has 0 aliphatic heterocycles. The summed E-state index contributed by atoms with van der Waals surface area (Å²) in [5.74, 6) is 0.961. The maximum Gasteiger partial charge on any atom is 0.125 e. The van der Waals surface area contributed by atoms with Crippen molar-refractivity contribution in [3.05, 3.63) is 18.2 Å². The second kappa shape index (κ2) is 2.84. The minimum Gasteiger partial charge on any atom is -0.337 e. The first kappa shape index (κ1) is 7.28. The van der Waals surface area contributed by atoms with Crippen molar-refractivity contribution >= 4 is 0 Å². The molecule has 10 heavy (non-hydrogen) atoms. The third-order valence-electron chi connectivity index (χ3n) is 1.63. The first-order valence-electron chi connectivity index (χ1n) is 3.48. The molecule has 0 saturated heterocycles. The molecular formula is C7H13N3. The summed E-state index contributed by atoms with van der Waals surface area (Å²) >= 11 is 0. The lowest BCUT2D eigenvalue weighted by atomic mass is 10.2. The average molecular weight is 139 g/mol. The van der Waals surface area contributed by atoms with E-state index in [0.29, 0.717) is 0 Å². The average Bonchev–Trinajstić information content (AvgIpc) is 2.34. The molecule has 56 valence electrons. The number of aryl methyl sites for hydroxylation is 1. The zero-order chi connectivity index (χ0) is 7.56. The lowest BCUT2D eigenvalue weighted by Gasteiger charge is -2.07. The van der Waals surface area contributed by atoms with E-state index in [2.05, 4.69) is 11.9 Å². The minimum absolute atomic E-state index is 0.0833. The molecule has 0 aromatic carbocycles. The van der Waals surface area contributed by atoms with Crippen molar-refractivity contribution in [2.45, 2.75) is 19.4 Å². The fourth-order valence-corrected chi connectivity index (χ4v) is 0.917. The van der Waals surface area contributed by atoms with Gasteiger partial charge in [0.25, 0.3) is 0 Å².